The lowest BCUT2D eigenvalue weighted by atomic mass is 10.0. The first-order chi connectivity index (χ1) is 6.09. The molecule has 0 aliphatic heterocycles. The van der Waals surface area contributed by atoms with E-state index in [-0.39, 0.29) is 5.78 Å². The van der Waals surface area contributed by atoms with Crippen LogP contribution < -0.4 is 0 Å². The van der Waals surface area contributed by atoms with Crippen LogP contribution in [0, 0.1) is 0 Å². The monoisotopic (exact) mass is 176 g/mol. The second-order valence-electron chi connectivity index (χ2n) is 3.78. The van der Waals surface area contributed by atoms with Crippen LogP contribution in [0.4, 0.5) is 0 Å². The van der Waals surface area contributed by atoms with Gasteiger partial charge in [-0.3, -0.25) is 4.79 Å². The Balaban J connectivity index is 2.75. The zero-order valence-corrected chi connectivity index (χ0v) is 8.50. The van der Waals surface area contributed by atoms with Crippen LogP contribution in [0.1, 0.15) is 37.8 Å². The fourth-order valence-corrected chi connectivity index (χ4v) is 1.31. The lowest BCUT2D eigenvalue weighted by molar-refractivity contribution is -0.116. The molecule has 0 amide bonds. The van der Waals surface area contributed by atoms with Crippen LogP contribution in [0.5, 0.6) is 0 Å². The largest absolute Gasteiger partial charge is 0.300 e. The predicted octanol–water partition coefficient (Wildman–Crippen LogP) is 2.94. The Labute approximate surface area is 79.8 Å². The van der Waals surface area contributed by atoms with E-state index in [1.807, 2.05) is 12.1 Å². The van der Waals surface area contributed by atoms with E-state index in [0.29, 0.717) is 12.3 Å². The van der Waals surface area contributed by atoms with Gasteiger partial charge in [0.05, 0.1) is 0 Å². The van der Waals surface area contributed by atoms with E-state index in [2.05, 4.69) is 26.0 Å². The van der Waals surface area contributed by atoms with Crippen molar-refractivity contribution in [2.45, 2.75) is 33.1 Å². The van der Waals surface area contributed by atoms with Crippen LogP contribution >= 0.6 is 0 Å². The van der Waals surface area contributed by atoms with Crippen molar-refractivity contribution in [2.75, 3.05) is 0 Å². The summed E-state index contributed by atoms with van der Waals surface area (Å²) in [5.41, 5.74) is 2.43. The summed E-state index contributed by atoms with van der Waals surface area (Å²) in [6, 6.07) is 8.28. The number of carbonyl (C=O) groups excluding carboxylic acids is 1. The topological polar surface area (TPSA) is 17.1 Å². The summed E-state index contributed by atoms with van der Waals surface area (Å²) in [5, 5.41) is 0. The van der Waals surface area contributed by atoms with Crippen molar-refractivity contribution in [2.24, 2.45) is 0 Å². The number of Topliss-reactive ketones (excluding diaryl/α,β-unsaturated/α-hetero) is 1. The van der Waals surface area contributed by atoms with Crippen molar-refractivity contribution in [3.05, 3.63) is 35.4 Å². The summed E-state index contributed by atoms with van der Waals surface area (Å²) in [7, 11) is 0. The lowest BCUT2D eigenvalue weighted by Gasteiger charge is -2.05. The molecule has 1 aromatic carbocycles. The van der Waals surface area contributed by atoms with E-state index in [4.69, 9.17) is 0 Å². The van der Waals surface area contributed by atoms with E-state index in [1.54, 1.807) is 6.92 Å². The zero-order chi connectivity index (χ0) is 9.84. The molecule has 1 heteroatoms. The Bertz CT molecular complexity index is 282. The minimum Gasteiger partial charge on any atom is -0.300 e. The molecule has 1 rings (SSSR count). The minimum absolute atomic E-state index is 0.220. The maximum absolute atomic E-state index is 10.8. The molecule has 70 valence electrons. The first-order valence-corrected chi connectivity index (χ1v) is 4.68. The molecular formula is C12H16O. The highest BCUT2D eigenvalue weighted by Crippen LogP contribution is 2.14. The van der Waals surface area contributed by atoms with Crippen molar-refractivity contribution in [1.29, 1.82) is 0 Å². The van der Waals surface area contributed by atoms with Gasteiger partial charge in [-0.25, -0.2) is 0 Å². The lowest BCUT2D eigenvalue weighted by Crippen LogP contribution is -1.96. The zero-order valence-electron chi connectivity index (χ0n) is 8.50. The smallest absolute Gasteiger partial charge is 0.134 e. The standard InChI is InChI=1S/C12H16O/c1-9(2)12-6-4-11(5-7-12)8-10(3)13/h4-7,9H,8H2,1-3H3. The Morgan fingerprint density at radius 2 is 1.77 bits per heavy atom. The van der Waals surface area contributed by atoms with Crippen molar-refractivity contribution >= 4 is 5.78 Å². The minimum atomic E-state index is 0.220. The molecule has 0 fully saturated rings. The molecule has 0 saturated heterocycles. The maximum atomic E-state index is 10.8. The van der Waals surface area contributed by atoms with Crippen LogP contribution in [0.25, 0.3) is 0 Å². The number of hydrogen-bond donors (Lipinski definition) is 0. The molecule has 0 heterocycles. The average Bonchev–Trinajstić information content (AvgIpc) is 2.04. The summed E-state index contributed by atoms with van der Waals surface area (Å²) in [4.78, 5) is 10.8. The van der Waals surface area contributed by atoms with Gasteiger partial charge in [0.15, 0.2) is 0 Å². The maximum Gasteiger partial charge on any atom is 0.134 e. The Hall–Kier alpha value is -1.11. The second kappa shape index (κ2) is 4.22. The molecule has 1 aromatic rings. The molecule has 0 atom stereocenters. The number of benzene rings is 1. The van der Waals surface area contributed by atoms with Gasteiger partial charge in [0, 0.05) is 6.42 Å². The van der Waals surface area contributed by atoms with Gasteiger partial charge in [-0.05, 0) is 24.0 Å². The number of hydrogen-bond acceptors (Lipinski definition) is 1. The van der Waals surface area contributed by atoms with E-state index in [0.717, 1.165) is 5.56 Å². The van der Waals surface area contributed by atoms with Gasteiger partial charge < -0.3 is 0 Å². The summed E-state index contributed by atoms with van der Waals surface area (Å²) < 4.78 is 0. The van der Waals surface area contributed by atoms with E-state index in [9.17, 15) is 4.79 Å². The van der Waals surface area contributed by atoms with Gasteiger partial charge >= 0.3 is 0 Å². The van der Waals surface area contributed by atoms with E-state index < -0.39 is 0 Å². The Morgan fingerprint density at radius 3 is 2.15 bits per heavy atom. The van der Waals surface area contributed by atoms with Gasteiger partial charge in [-0.2, -0.15) is 0 Å². The highest BCUT2D eigenvalue weighted by Gasteiger charge is 2.00. The molecule has 0 bridgehead atoms. The molecule has 0 saturated carbocycles. The second-order valence-corrected chi connectivity index (χ2v) is 3.78. The summed E-state index contributed by atoms with van der Waals surface area (Å²) in [5.74, 6) is 0.781. The molecule has 0 spiro atoms. The third kappa shape index (κ3) is 3.02. The Kier molecular flexibility index (Phi) is 3.24. The molecule has 0 aliphatic carbocycles. The first-order valence-electron chi connectivity index (χ1n) is 4.68. The number of ketones is 1. The summed E-state index contributed by atoms with van der Waals surface area (Å²) in [6.45, 7) is 5.95. The SMILES string of the molecule is CC(=O)Cc1ccc(C(C)C)cc1. The van der Waals surface area contributed by atoms with E-state index in [1.165, 1.54) is 5.56 Å². The first kappa shape index (κ1) is 9.97. The number of rotatable bonds is 3. The third-order valence-electron chi connectivity index (χ3n) is 2.10. The molecule has 0 aromatic heterocycles. The normalized spacial score (nSPS) is 10.5. The van der Waals surface area contributed by atoms with Crippen LogP contribution in [0.3, 0.4) is 0 Å². The third-order valence-corrected chi connectivity index (χ3v) is 2.10. The predicted molar refractivity (Wildman–Crippen MR) is 54.9 cm³/mol. The van der Waals surface area contributed by atoms with Crippen LogP contribution in [-0.4, -0.2) is 5.78 Å². The molecular weight excluding hydrogens is 160 g/mol. The molecule has 0 radical (unpaired) electrons. The molecule has 0 N–H and O–H groups in total. The van der Waals surface area contributed by atoms with Gasteiger partial charge in [0.25, 0.3) is 0 Å². The average molecular weight is 176 g/mol. The molecule has 0 unspecified atom stereocenters. The highest BCUT2D eigenvalue weighted by molar-refractivity contribution is 5.78. The van der Waals surface area contributed by atoms with Crippen LogP contribution in [0.15, 0.2) is 24.3 Å². The fraction of sp³-hybridized carbons (Fsp3) is 0.417. The van der Waals surface area contributed by atoms with E-state index >= 15 is 0 Å². The number of carbonyl (C=O) groups is 1. The van der Waals surface area contributed by atoms with Gasteiger partial charge in [0.1, 0.15) is 5.78 Å². The van der Waals surface area contributed by atoms with Crippen molar-refractivity contribution in [3.63, 3.8) is 0 Å². The van der Waals surface area contributed by atoms with Crippen LogP contribution in [-0.2, 0) is 11.2 Å². The van der Waals surface area contributed by atoms with Gasteiger partial charge in [0.2, 0.25) is 0 Å². The molecule has 0 aliphatic rings. The Morgan fingerprint density at radius 1 is 1.23 bits per heavy atom. The quantitative estimate of drug-likeness (QED) is 0.692. The highest BCUT2D eigenvalue weighted by atomic mass is 16.1. The molecule has 13 heavy (non-hydrogen) atoms. The van der Waals surface area contributed by atoms with Gasteiger partial charge in [-0.15, -0.1) is 0 Å². The summed E-state index contributed by atoms with van der Waals surface area (Å²) >= 11 is 0. The molecule has 1 nitrogen and oxygen atoms in total. The van der Waals surface area contributed by atoms with Crippen molar-refractivity contribution < 1.29 is 4.79 Å². The van der Waals surface area contributed by atoms with Crippen LogP contribution in [0.2, 0.25) is 0 Å². The fourth-order valence-electron chi connectivity index (χ4n) is 1.31. The van der Waals surface area contributed by atoms with Gasteiger partial charge in [-0.1, -0.05) is 38.1 Å². The van der Waals surface area contributed by atoms with Crippen molar-refractivity contribution in [1.82, 2.24) is 0 Å². The van der Waals surface area contributed by atoms with Crippen molar-refractivity contribution in [3.8, 4) is 0 Å². The summed E-state index contributed by atoms with van der Waals surface area (Å²) in [6.07, 6.45) is 0.554.